The number of benzene rings is 1. The normalized spacial score (nSPS) is 39.8. The van der Waals surface area contributed by atoms with Gasteiger partial charge in [0.2, 0.25) is 11.8 Å². The second kappa shape index (κ2) is 6.23. The third-order valence-corrected chi connectivity index (χ3v) is 10.7. The van der Waals surface area contributed by atoms with Crippen molar-refractivity contribution in [2.45, 2.75) is 81.9 Å². The van der Waals surface area contributed by atoms with Gasteiger partial charge in [-0.3, -0.25) is 14.5 Å². The zero-order valence-corrected chi connectivity index (χ0v) is 21.4. The maximum absolute atomic E-state index is 14.1. The SMILES string of the molecule is CN1C(=O)C23CCCCN2CC12C[C@@]1(C(=O)Nc4c1ccc1c4OC=CC(C)(C)O1)C(C)(C)[C@@H]2C3. The number of anilines is 1. The number of likely N-dealkylation sites (N-methyl/N-ethyl adjacent to an activating group) is 1. The fourth-order valence-corrected chi connectivity index (χ4v) is 8.90. The maximum Gasteiger partial charge on any atom is 0.243 e. The van der Waals surface area contributed by atoms with Crippen molar-refractivity contribution in [3.63, 3.8) is 0 Å². The van der Waals surface area contributed by atoms with Gasteiger partial charge >= 0.3 is 0 Å². The minimum absolute atomic E-state index is 0.0190. The van der Waals surface area contributed by atoms with Gasteiger partial charge in [0.15, 0.2) is 11.5 Å². The lowest BCUT2D eigenvalue weighted by molar-refractivity contribution is -0.196. The van der Waals surface area contributed by atoms with E-state index in [0.717, 1.165) is 50.0 Å². The number of ether oxygens (including phenoxy) is 2. The lowest BCUT2D eigenvalue weighted by atomic mass is 9.56. The van der Waals surface area contributed by atoms with Crippen molar-refractivity contribution in [1.29, 1.82) is 0 Å². The fraction of sp³-hybridized carbons (Fsp3) is 0.643. The summed E-state index contributed by atoms with van der Waals surface area (Å²) in [6.07, 6.45) is 8.18. The second-order valence-corrected chi connectivity index (χ2v) is 12.8. The van der Waals surface area contributed by atoms with Crippen LogP contribution in [0.2, 0.25) is 0 Å². The first-order valence-corrected chi connectivity index (χ1v) is 13.0. The average molecular weight is 478 g/mol. The molecule has 1 aromatic rings. The summed E-state index contributed by atoms with van der Waals surface area (Å²) in [5.41, 5.74) is -0.657. The van der Waals surface area contributed by atoms with Crippen LogP contribution in [0.15, 0.2) is 24.5 Å². The standard InChI is InChI=1S/C28H35N3O4/c1-24(2)11-13-34-21-18(35-24)9-8-17-20(21)29-22(32)28(17)15-27-16-31-12-7-6-10-26(31,23(33)30(27)5)14-19(27)25(28,3)4/h8-9,11,13,19H,6-7,10,12,14-16H2,1-5H3,(H,29,32)/t19-,26?,27?,28+/m0/s1. The summed E-state index contributed by atoms with van der Waals surface area (Å²) < 4.78 is 12.3. The Bertz CT molecular complexity index is 1220. The van der Waals surface area contributed by atoms with E-state index in [9.17, 15) is 9.59 Å². The molecule has 2 unspecified atom stereocenters. The number of nitrogens with zero attached hydrogens (tertiary/aromatic N) is 2. The molecular formula is C28H35N3O4. The Morgan fingerprint density at radius 2 is 1.91 bits per heavy atom. The summed E-state index contributed by atoms with van der Waals surface area (Å²) >= 11 is 0. The molecule has 5 fully saturated rings. The summed E-state index contributed by atoms with van der Waals surface area (Å²) in [5.74, 6) is 1.72. The molecule has 7 nitrogen and oxygen atoms in total. The molecule has 186 valence electrons. The first-order chi connectivity index (χ1) is 16.5. The van der Waals surface area contributed by atoms with Crippen molar-refractivity contribution in [1.82, 2.24) is 9.80 Å². The van der Waals surface area contributed by atoms with Crippen LogP contribution in [0.5, 0.6) is 11.5 Å². The third kappa shape index (κ3) is 2.28. The van der Waals surface area contributed by atoms with E-state index in [0.29, 0.717) is 17.9 Å². The van der Waals surface area contributed by atoms with Gasteiger partial charge < -0.3 is 19.7 Å². The molecule has 1 saturated carbocycles. The Morgan fingerprint density at radius 3 is 2.71 bits per heavy atom. The monoisotopic (exact) mass is 477 g/mol. The van der Waals surface area contributed by atoms with Crippen LogP contribution in [-0.2, 0) is 15.0 Å². The van der Waals surface area contributed by atoms with Gasteiger partial charge in [0, 0.05) is 13.6 Å². The van der Waals surface area contributed by atoms with Crippen LogP contribution in [0.3, 0.4) is 0 Å². The topological polar surface area (TPSA) is 71.1 Å². The van der Waals surface area contributed by atoms with Crippen LogP contribution >= 0.6 is 0 Å². The molecule has 1 N–H and O–H groups in total. The van der Waals surface area contributed by atoms with Crippen LogP contribution in [-0.4, -0.2) is 58.4 Å². The molecule has 6 aliphatic heterocycles. The smallest absolute Gasteiger partial charge is 0.243 e. The van der Waals surface area contributed by atoms with Crippen molar-refractivity contribution in [3.8, 4) is 11.5 Å². The molecule has 1 aromatic carbocycles. The van der Waals surface area contributed by atoms with Gasteiger partial charge in [0.1, 0.15) is 11.1 Å². The number of hydrogen-bond donors (Lipinski definition) is 1. The van der Waals surface area contributed by atoms with E-state index < -0.39 is 16.6 Å². The molecule has 7 heteroatoms. The molecule has 4 atom stereocenters. The summed E-state index contributed by atoms with van der Waals surface area (Å²) in [7, 11) is 1.99. The van der Waals surface area contributed by atoms with Crippen molar-refractivity contribution in [2.24, 2.45) is 11.3 Å². The number of fused-ring (bicyclic) bond motifs is 5. The van der Waals surface area contributed by atoms with Gasteiger partial charge in [-0.1, -0.05) is 19.9 Å². The molecule has 2 bridgehead atoms. The number of carbonyl (C=O) groups excluding carboxylic acids is 2. The number of nitrogens with one attached hydrogen (secondary N) is 1. The lowest BCUT2D eigenvalue weighted by Crippen LogP contribution is -2.80. The van der Waals surface area contributed by atoms with E-state index in [4.69, 9.17) is 9.47 Å². The number of piperidine rings is 3. The average Bonchev–Trinajstić information content (AvgIpc) is 3.12. The molecule has 35 heavy (non-hydrogen) atoms. The quantitative estimate of drug-likeness (QED) is 0.615. The Balaban J connectivity index is 1.41. The molecule has 6 heterocycles. The van der Waals surface area contributed by atoms with E-state index in [1.165, 1.54) is 0 Å². The van der Waals surface area contributed by atoms with Gasteiger partial charge in [-0.15, -0.1) is 0 Å². The van der Waals surface area contributed by atoms with Crippen molar-refractivity contribution in [2.75, 3.05) is 25.5 Å². The Kier molecular flexibility index (Phi) is 3.86. The highest BCUT2D eigenvalue weighted by Gasteiger charge is 2.79. The van der Waals surface area contributed by atoms with E-state index in [2.05, 4.69) is 35.0 Å². The molecule has 1 aliphatic carbocycles. The molecule has 8 rings (SSSR count). The number of piperazine rings is 1. The number of amides is 2. The summed E-state index contributed by atoms with van der Waals surface area (Å²) in [6.45, 7) is 10.3. The van der Waals surface area contributed by atoms with Crippen LogP contribution in [0.25, 0.3) is 0 Å². The highest BCUT2D eigenvalue weighted by molar-refractivity contribution is 6.09. The Morgan fingerprint density at radius 1 is 1.11 bits per heavy atom. The van der Waals surface area contributed by atoms with Gasteiger partial charge in [0.05, 0.1) is 22.9 Å². The van der Waals surface area contributed by atoms with E-state index in [-0.39, 0.29) is 28.7 Å². The van der Waals surface area contributed by atoms with Crippen LogP contribution < -0.4 is 14.8 Å². The molecule has 2 amide bonds. The molecule has 0 radical (unpaired) electrons. The minimum Gasteiger partial charge on any atom is -0.480 e. The van der Waals surface area contributed by atoms with Crippen molar-refractivity contribution in [3.05, 3.63) is 30.0 Å². The van der Waals surface area contributed by atoms with E-state index >= 15 is 0 Å². The Hall–Kier alpha value is -2.54. The zero-order chi connectivity index (χ0) is 24.6. The Labute approximate surface area is 206 Å². The number of hydrogen-bond acceptors (Lipinski definition) is 5. The highest BCUT2D eigenvalue weighted by atomic mass is 16.5. The van der Waals surface area contributed by atoms with E-state index in [1.807, 2.05) is 33.0 Å². The van der Waals surface area contributed by atoms with Crippen molar-refractivity contribution >= 4 is 17.5 Å². The van der Waals surface area contributed by atoms with Crippen LogP contribution in [0, 0.1) is 11.3 Å². The van der Waals surface area contributed by atoms with E-state index in [1.54, 1.807) is 6.26 Å². The molecular weight excluding hydrogens is 442 g/mol. The minimum atomic E-state index is -0.744. The summed E-state index contributed by atoms with van der Waals surface area (Å²) in [5, 5.41) is 3.23. The van der Waals surface area contributed by atoms with Crippen molar-refractivity contribution < 1.29 is 19.1 Å². The third-order valence-electron chi connectivity index (χ3n) is 10.7. The predicted octanol–water partition coefficient (Wildman–Crippen LogP) is 3.83. The molecule has 3 spiro atoms. The first-order valence-electron chi connectivity index (χ1n) is 13.0. The molecule has 7 aliphatic rings. The zero-order valence-electron chi connectivity index (χ0n) is 21.4. The fourth-order valence-electron chi connectivity index (χ4n) is 8.90. The first kappa shape index (κ1) is 21.7. The largest absolute Gasteiger partial charge is 0.480 e. The van der Waals surface area contributed by atoms with Gasteiger partial charge in [-0.25, -0.2) is 0 Å². The van der Waals surface area contributed by atoms with Gasteiger partial charge in [0.25, 0.3) is 0 Å². The molecule has 0 aromatic heterocycles. The molecule has 4 saturated heterocycles. The number of carbonyl (C=O) groups is 2. The summed E-state index contributed by atoms with van der Waals surface area (Å²) in [4.78, 5) is 32.5. The van der Waals surface area contributed by atoms with Gasteiger partial charge in [-0.2, -0.15) is 0 Å². The van der Waals surface area contributed by atoms with Gasteiger partial charge in [-0.05, 0) is 81.5 Å². The highest BCUT2D eigenvalue weighted by Crippen LogP contribution is 2.72. The lowest BCUT2D eigenvalue weighted by Gasteiger charge is -2.67. The maximum atomic E-state index is 14.1. The predicted molar refractivity (Wildman–Crippen MR) is 131 cm³/mol. The second-order valence-electron chi connectivity index (χ2n) is 12.8. The number of rotatable bonds is 0. The van der Waals surface area contributed by atoms with Crippen LogP contribution in [0.4, 0.5) is 5.69 Å². The van der Waals surface area contributed by atoms with Crippen LogP contribution in [0.1, 0.15) is 65.4 Å². The summed E-state index contributed by atoms with van der Waals surface area (Å²) in [6, 6.07) is 4.02.